The molecule has 0 bridgehead atoms. The van der Waals surface area contributed by atoms with Gasteiger partial charge in [0.2, 0.25) is 11.8 Å². The summed E-state index contributed by atoms with van der Waals surface area (Å²) in [6.45, 7) is 0.244. The molecule has 154 valence electrons. The smallest absolute Gasteiger partial charge is 0.367 e. The Bertz CT molecular complexity index is 730. The van der Waals surface area contributed by atoms with E-state index in [4.69, 9.17) is 10.5 Å². The monoisotopic (exact) mass is 398 g/mol. The normalized spacial score (nSPS) is 24.7. The van der Waals surface area contributed by atoms with Crippen molar-refractivity contribution in [2.75, 3.05) is 6.54 Å². The van der Waals surface area contributed by atoms with E-state index >= 15 is 0 Å². The second-order valence-corrected chi connectivity index (χ2v) is 7.73. The molecule has 1 aromatic rings. The molecule has 0 radical (unpaired) electrons. The Kier molecular flexibility index (Phi) is 5.98. The summed E-state index contributed by atoms with van der Waals surface area (Å²) in [6, 6.07) is 5.40. The van der Waals surface area contributed by atoms with E-state index in [2.05, 4.69) is 5.32 Å². The lowest BCUT2D eigenvalue weighted by molar-refractivity contribution is -0.139. The fourth-order valence-electron chi connectivity index (χ4n) is 4.23. The minimum atomic E-state index is -4.41. The summed E-state index contributed by atoms with van der Waals surface area (Å²) in [4.78, 5) is 23.7. The van der Waals surface area contributed by atoms with Gasteiger partial charge in [0.05, 0.1) is 5.56 Å². The van der Waals surface area contributed by atoms with Crippen molar-refractivity contribution in [2.24, 2.45) is 5.73 Å². The molecule has 2 fully saturated rings. The largest absolute Gasteiger partial charge is 0.416 e. The molecule has 3 N–H and O–H groups in total. The Morgan fingerprint density at radius 3 is 2.43 bits per heavy atom. The number of carbonyl (C=O) groups is 2. The highest BCUT2D eigenvalue weighted by Crippen LogP contribution is 2.41. The number of carbonyl (C=O) groups excluding carboxylic acids is 2. The zero-order valence-electron chi connectivity index (χ0n) is 15.6. The summed E-state index contributed by atoms with van der Waals surface area (Å²) < 4.78 is 44.9. The number of hydrogen-bond acceptors (Lipinski definition) is 3. The van der Waals surface area contributed by atoms with E-state index in [1.54, 1.807) is 6.07 Å². The van der Waals surface area contributed by atoms with Crippen molar-refractivity contribution in [1.82, 2.24) is 5.32 Å². The minimum absolute atomic E-state index is 0.244. The van der Waals surface area contributed by atoms with Gasteiger partial charge < -0.3 is 15.8 Å². The SMILES string of the molecule is NC(=O)[C@@H]1CC[C@H](C(=O)NCC2(c3cccc(C(F)(F)F)c3)CCCCC2)O1. The number of primary amides is 1. The molecular formula is C20H25F3N2O3. The summed E-state index contributed by atoms with van der Waals surface area (Å²) in [6.07, 6.45) is -0.874. The lowest BCUT2D eigenvalue weighted by atomic mass is 9.69. The third-order valence-electron chi connectivity index (χ3n) is 5.84. The van der Waals surface area contributed by atoms with Crippen LogP contribution in [-0.4, -0.2) is 30.6 Å². The van der Waals surface area contributed by atoms with Crippen molar-refractivity contribution in [3.63, 3.8) is 0 Å². The summed E-state index contributed by atoms with van der Waals surface area (Å²) in [7, 11) is 0. The molecule has 2 atom stereocenters. The maximum Gasteiger partial charge on any atom is 0.416 e. The number of nitrogens with one attached hydrogen (secondary N) is 1. The number of benzene rings is 1. The van der Waals surface area contributed by atoms with Crippen molar-refractivity contribution in [3.05, 3.63) is 35.4 Å². The summed E-state index contributed by atoms with van der Waals surface area (Å²) in [5.41, 5.74) is 4.60. The van der Waals surface area contributed by atoms with Gasteiger partial charge in [0.1, 0.15) is 12.2 Å². The predicted octanol–water partition coefficient (Wildman–Crippen LogP) is 3.06. The van der Waals surface area contributed by atoms with Crippen LogP contribution < -0.4 is 11.1 Å². The van der Waals surface area contributed by atoms with E-state index in [1.807, 2.05) is 0 Å². The van der Waals surface area contributed by atoms with E-state index in [-0.39, 0.29) is 12.5 Å². The maximum absolute atomic E-state index is 13.2. The van der Waals surface area contributed by atoms with Gasteiger partial charge >= 0.3 is 6.18 Å². The molecule has 2 aliphatic rings. The first-order valence-corrected chi connectivity index (χ1v) is 9.61. The van der Waals surface area contributed by atoms with E-state index in [9.17, 15) is 22.8 Å². The topological polar surface area (TPSA) is 81.4 Å². The van der Waals surface area contributed by atoms with Gasteiger partial charge in [-0.15, -0.1) is 0 Å². The second kappa shape index (κ2) is 8.11. The summed E-state index contributed by atoms with van der Waals surface area (Å²) in [5, 5.41) is 2.85. The summed E-state index contributed by atoms with van der Waals surface area (Å²) in [5.74, 6) is -0.941. The van der Waals surface area contributed by atoms with Crippen LogP contribution in [0.15, 0.2) is 24.3 Å². The quantitative estimate of drug-likeness (QED) is 0.800. The van der Waals surface area contributed by atoms with Gasteiger partial charge in [-0.05, 0) is 37.3 Å². The van der Waals surface area contributed by atoms with Crippen LogP contribution in [0.4, 0.5) is 13.2 Å². The molecule has 1 aromatic carbocycles. The lowest BCUT2D eigenvalue weighted by Crippen LogP contribution is -2.45. The molecule has 0 spiro atoms. The van der Waals surface area contributed by atoms with E-state index in [1.165, 1.54) is 12.1 Å². The molecule has 1 saturated carbocycles. The molecule has 0 unspecified atom stereocenters. The van der Waals surface area contributed by atoms with Crippen LogP contribution in [0.25, 0.3) is 0 Å². The zero-order chi connectivity index (χ0) is 20.4. The maximum atomic E-state index is 13.2. The summed E-state index contributed by atoms with van der Waals surface area (Å²) >= 11 is 0. The molecule has 1 aliphatic carbocycles. The average molecular weight is 398 g/mol. The molecular weight excluding hydrogens is 373 g/mol. The average Bonchev–Trinajstić information content (AvgIpc) is 3.17. The van der Waals surface area contributed by atoms with Gasteiger partial charge in [-0.2, -0.15) is 13.2 Å². The first kappa shape index (κ1) is 20.6. The third-order valence-corrected chi connectivity index (χ3v) is 5.84. The Morgan fingerprint density at radius 2 is 1.82 bits per heavy atom. The Morgan fingerprint density at radius 1 is 1.14 bits per heavy atom. The standard InChI is InChI=1S/C20H25F3N2O3/c21-20(22,23)14-6-4-5-13(11-14)19(9-2-1-3-10-19)12-25-18(27)16-8-7-15(28-16)17(24)26/h4-6,11,15-16H,1-3,7-10,12H2,(H2,24,26)(H,25,27)/t15-,16+/m0/s1. The number of nitrogens with two attached hydrogens (primary N) is 1. The van der Waals surface area contributed by atoms with Crippen LogP contribution in [0.3, 0.4) is 0 Å². The number of alkyl halides is 3. The molecule has 1 heterocycles. The van der Waals surface area contributed by atoms with Crippen molar-refractivity contribution < 1.29 is 27.5 Å². The van der Waals surface area contributed by atoms with Gasteiger partial charge in [0.25, 0.3) is 0 Å². The molecule has 5 nitrogen and oxygen atoms in total. The molecule has 2 amide bonds. The molecule has 8 heteroatoms. The Labute approximate surface area is 161 Å². The fraction of sp³-hybridized carbons (Fsp3) is 0.600. The molecule has 3 rings (SSSR count). The number of hydrogen-bond donors (Lipinski definition) is 2. The first-order valence-electron chi connectivity index (χ1n) is 9.61. The van der Waals surface area contributed by atoms with Gasteiger partial charge in [0.15, 0.2) is 0 Å². The second-order valence-electron chi connectivity index (χ2n) is 7.73. The molecule has 1 aliphatic heterocycles. The van der Waals surface area contributed by atoms with Gasteiger partial charge in [-0.1, -0.05) is 37.5 Å². The lowest BCUT2D eigenvalue weighted by Gasteiger charge is -2.38. The predicted molar refractivity (Wildman–Crippen MR) is 96.3 cm³/mol. The number of rotatable bonds is 5. The molecule has 28 heavy (non-hydrogen) atoms. The fourth-order valence-corrected chi connectivity index (χ4v) is 4.23. The van der Waals surface area contributed by atoms with Gasteiger partial charge in [-0.3, -0.25) is 9.59 Å². The van der Waals surface area contributed by atoms with Crippen LogP contribution in [0.2, 0.25) is 0 Å². The highest BCUT2D eigenvalue weighted by atomic mass is 19.4. The van der Waals surface area contributed by atoms with Gasteiger partial charge in [-0.25, -0.2) is 0 Å². The molecule has 0 aromatic heterocycles. The van der Waals surface area contributed by atoms with Crippen molar-refractivity contribution in [1.29, 1.82) is 0 Å². The number of amides is 2. The van der Waals surface area contributed by atoms with Crippen LogP contribution in [0, 0.1) is 0 Å². The van der Waals surface area contributed by atoms with E-state index in [0.29, 0.717) is 31.2 Å². The Balaban J connectivity index is 1.74. The van der Waals surface area contributed by atoms with E-state index in [0.717, 1.165) is 25.3 Å². The van der Waals surface area contributed by atoms with Gasteiger partial charge in [0, 0.05) is 12.0 Å². The highest BCUT2D eigenvalue weighted by Gasteiger charge is 2.39. The van der Waals surface area contributed by atoms with Crippen molar-refractivity contribution in [3.8, 4) is 0 Å². The first-order chi connectivity index (χ1) is 13.2. The van der Waals surface area contributed by atoms with Crippen LogP contribution in [0.1, 0.15) is 56.1 Å². The van der Waals surface area contributed by atoms with Crippen LogP contribution in [0.5, 0.6) is 0 Å². The number of ether oxygens (including phenoxy) is 1. The van der Waals surface area contributed by atoms with Crippen LogP contribution in [-0.2, 0) is 25.9 Å². The van der Waals surface area contributed by atoms with E-state index < -0.39 is 35.3 Å². The van der Waals surface area contributed by atoms with Crippen LogP contribution >= 0.6 is 0 Å². The molecule has 1 saturated heterocycles. The third kappa shape index (κ3) is 4.48. The van der Waals surface area contributed by atoms with Crippen molar-refractivity contribution in [2.45, 2.75) is 68.7 Å². The zero-order valence-corrected chi connectivity index (χ0v) is 15.6. The Hall–Kier alpha value is -2.09. The van der Waals surface area contributed by atoms with Crippen molar-refractivity contribution >= 4 is 11.8 Å². The number of halogens is 3. The highest BCUT2D eigenvalue weighted by molar-refractivity contribution is 5.84. The minimum Gasteiger partial charge on any atom is -0.367 e.